The fourth-order valence-electron chi connectivity index (χ4n) is 3.00. The van der Waals surface area contributed by atoms with Crippen LogP contribution in [-0.2, 0) is 13.0 Å². The summed E-state index contributed by atoms with van der Waals surface area (Å²) in [5.74, 6) is -0.270. The molecule has 0 saturated heterocycles. The number of hydrogen-bond donors (Lipinski definition) is 1. The quantitative estimate of drug-likeness (QED) is 0.597. The molecular weight excluding hydrogens is 411 g/mol. The molecule has 3 rings (SSSR count). The monoisotopic (exact) mass is 432 g/mol. The molecule has 0 spiro atoms. The van der Waals surface area contributed by atoms with Gasteiger partial charge < -0.3 is 9.47 Å². The van der Waals surface area contributed by atoms with E-state index in [0.717, 1.165) is 40.8 Å². The van der Waals surface area contributed by atoms with Gasteiger partial charge >= 0.3 is 0 Å². The lowest BCUT2D eigenvalue weighted by Gasteiger charge is -2.17. The first kappa shape index (κ1) is 19.4. The Balaban J connectivity index is 1.56. The topological polar surface area (TPSA) is 53.9 Å². The molecule has 0 bridgehead atoms. The van der Waals surface area contributed by atoms with Crippen molar-refractivity contribution in [1.82, 2.24) is 19.7 Å². The first-order chi connectivity index (χ1) is 13.0. The highest BCUT2D eigenvalue weighted by atomic mass is 79.9. The van der Waals surface area contributed by atoms with Crippen LogP contribution in [-0.4, -0.2) is 39.2 Å². The molecule has 0 atom stereocenters. The molecule has 5 nitrogen and oxygen atoms in total. The third-order valence-corrected chi connectivity index (χ3v) is 4.89. The van der Waals surface area contributed by atoms with E-state index in [4.69, 9.17) is 0 Å². The molecule has 0 unspecified atom stereocenters. The summed E-state index contributed by atoms with van der Waals surface area (Å²) in [5, 5.41) is 7.25. The van der Waals surface area contributed by atoms with E-state index in [0.29, 0.717) is 12.2 Å². The average Bonchev–Trinajstić information content (AvgIpc) is 3.27. The van der Waals surface area contributed by atoms with Gasteiger partial charge in [-0.15, -0.1) is 0 Å². The van der Waals surface area contributed by atoms with Crippen molar-refractivity contribution < 1.29 is 9.18 Å². The highest BCUT2D eigenvalue weighted by Gasteiger charge is 2.16. The second-order valence-electron chi connectivity index (χ2n) is 6.45. The zero-order chi connectivity index (χ0) is 19.4. The predicted molar refractivity (Wildman–Crippen MR) is 107 cm³/mol. The van der Waals surface area contributed by atoms with Gasteiger partial charge in [0.25, 0.3) is 5.91 Å². The summed E-state index contributed by atoms with van der Waals surface area (Å²) in [6.07, 6.45) is 3.49. The number of H-pyrrole nitrogens is 1. The van der Waals surface area contributed by atoms with Gasteiger partial charge in [-0.25, -0.2) is 4.39 Å². The molecule has 1 aromatic carbocycles. The Labute approximate surface area is 166 Å². The van der Waals surface area contributed by atoms with Gasteiger partial charge in [0, 0.05) is 42.1 Å². The summed E-state index contributed by atoms with van der Waals surface area (Å²) >= 11 is 3.42. The second kappa shape index (κ2) is 8.52. The Morgan fingerprint density at radius 3 is 2.89 bits per heavy atom. The van der Waals surface area contributed by atoms with Gasteiger partial charge in [-0.3, -0.25) is 9.89 Å². The molecular formula is C20H22BrFN4O. The lowest BCUT2D eigenvalue weighted by molar-refractivity contribution is 0.0783. The van der Waals surface area contributed by atoms with Crippen LogP contribution in [0.3, 0.4) is 0 Å². The second-order valence-corrected chi connectivity index (χ2v) is 7.36. The summed E-state index contributed by atoms with van der Waals surface area (Å²) < 4.78 is 16.2. The lowest BCUT2D eigenvalue weighted by atomic mass is 10.1. The number of halogens is 2. The number of rotatable bonds is 7. The van der Waals surface area contributed by atoms with E-state index in [9.17, 15) is 9.18 Å². The molecule has 1 amide bonds. The van der Waals surface area contributed by atoms with E-state index in [-0.39, 0.29) is 11.7 Å². The number of aromatic amines is 1. The normalized spacial score (nSPS) is 11.0. The van der Waals surface area contributed by atoms with Crippen LogP contribution in [0.5, 0.6) is 0 Å². The zero-order valence-corrected chi connectivity index (χ0v) is 17.0. The van der Waals surface area contributed by atoms with E-state index in [1.165, 1.54) is 12.1 Å². The standard InChI is InChI=1S/C20H22BrFN4O/c1-3-26-13-15(21)11-19(26)20(27)25(2)9-5-8-17-12-18(24-23-17)14-6-4-7-16(22)10-14/h4,6-7,10-13H,3,5,8-9H2,1-2H3,(H,23,24). The van der Waals surface area contributed by atoms with Crippen molar-refractivity contribution in [2.45, 2.75) is 26.3 Å². The van der Waals surface area contributed by atoms with Crippen LogP contribution in [0.2, 0.25) is 0 Å². The van der Waals surface area contributed by atoms with E-state index in [2.05, 4.69) is 26.1 Å². The van der Waals surface area contributed by atoms with Crippen LogP contribution in [0.15, 0.2) is 47.1 Å². The maximum Gasteiger partial charge on any atom is 0.270 e. The molecule has 0 fully saturated rings. The van der Waals surface area contributed by atoms with Crippen LogP contribution in [0.25, 0.3) is 11.3 Å². The summed E-state index contributed by atoms with van der Waals surface area (Å²) in [6, 6.07) is 10.2. The number of aromatic nitrogens is 3. The molecule has 0 aliphatic carbocycles. The average molecular weight is 433 g/mol. The van der Waals surface area contributed by atoms with Crippen molar-refractivity contribution in [2.75, 3.05) is 13.6 Å². The Bertz CT molecular complexity index is 934. The minimum Gasteiger partial charge on any atom is -0.343 e. The number of hydrogen-bond acceptors (Lipinski definition) is 2. The van der Waals surface area contributed by atoms with Crippen molar-refractivity contribution in [3.05, 3.63) is 64.3 Å². The largest absolute Gasteiger partial charge is 0.343 e. The van der Waals surface area contributed by atoms with E-state index >= 15 is 0 Å². The number of amides is 1. The van der Waals surface area contributed by atoms with E-state index in [1.54, 1.807) is 11.0 Å². The molecule has 0 radical (unpaired) electrons. The zero-order valence-electron chi connectivity index (χ0n) is 15.4. The fourth-order valence-corrected chi connectivity index (χ4v) is 3.47. The highest BCUT2D eigenvalue weighted by Crippen LogP contribution is 2.19. The van der Waals surface area contributed by atoms with Gasteiger partial charge in [0.1, 0.15) is 11.5 Å². The summed E-state index contributed by atoms with van der Waals surface area (Å²) in [5.41, 5.74) is 3.12. The Morgan fingerprint density at radius 1 is 1.33 bits per heavy atom. The van der Waals surface area contributed by atoms with Gasteiger partial charge in [-0.2, -0.15) is 5.10 Å². The van der Waals surface area contributed by atoms with Crippen molar-refractivity contribution in [3.8, 4) is 11.3 Å². The third kappa shape index (κ3) is 4.66. The van der Waals surface area contributed by atoms with Crippen LogP contribution < -0.4 is 0 Å². The van der Waals surface area contributed by atoms with E-state index in [1.807, 2.05) is 42.9 Å². The molecule has 0 saturated carbocycles. The van der Waals surface area contributed by atoms with Crippen LogP contribution in [0, 0.1) is 5.82 Å². The molecule has 142 valence electrons. The first-order valence-corrected chi connectivity index (χ1v) is 9.68. The molecule has 0 aliphatic rings. The molecule has 27 heavy (non-hydrogen) atoms. The lowest BCUT2D eigenvalue weighted by Crippen LogP contribution is -2.29. The smallest absolute Gasteiger partial charge is 0.270 e. The van der Waals surface area contributed by atoms with Crippen LogP contribution in [0.1, 0.15) is 29.5 Å². The van der Waals surface area contributed by atoms with Crippen molar-refractivity contribution in [2.24, 2.45) is 0 Å². The minimum atomic E-state index is -0.277. The number of carbonyl (C=O) groups excluding carboxylic acids is 1. The van der Waals surface area contributed by atoms with Crippen molar-refractivity contribution >= 4 is 21.8 Å². The van der Waals surface area contributed by atoms with Gasteiger partial charge in [-0.1, -0.05) is 12.1 Å². The van der Waals surface area contributed by atoms with Crippen molar-refractivity contribution in [1.29, 1.82) is 0 Å². The predicted octanol–water partition coefficient (Wildman–Crippen LogP) is 4.50. The van der Waals surface area contributed by atoms with Crippen LogP contribution in [0.4, 0.5) is 4.39 Å². The molecule has 1 N–H and O–H groups in total. The van der Waals surface area contributed by atoms with E-state index < -0.39 is 0 Å². The SMILES string of the molecule is CCn1cc(Br)cc1C(=O)N(C)CCCc1cc(-c2cccc(F)c2)n[nH]1. The molecule has 7 heteroatoms. The van der Waals surface area contributed by atoms with Gasteiger partial charge in [0.2, 0.25) is 0 Å². The van der Waals surface area contributed by atoms with Crippen molar-refractivity contribution in [3.63, 3.8) is 0 Å². The maximum atomic E-state index is 13.3. The summed E-state index contributed by atoms with van der Waals surface area (Å²) in [7, 11) is 1.81. The number of aryl methyl sites for hydroxylation is 2. The summed E-state index contributed by atoms with van der Waals surface area (Å²) in [4.78, 5) is 14.4. The molecule has 2 heterocycles. The number of benzene rings is 1. The fraction of sp³-hybridized carbons (Fsp3) is 0.300. The highest BCUT2D eigenvalue weighted by molar-refractivity contribution is 9.10. The van der Waals surface area contributed by atoms with Crippen LogP contribution >= 0.6 is 15.9 Å². The Hall–Kier alpha value is -2.41. The Morgan fingerprint density at radius 2 is 2.15 bits per heavy atom. The van der Waals surface area contributed by atoms with Gasteiger partial charge in [0.15, 0.2) is 0 Å². The maximum absolute atomic E-state index is 13.3. The minimum absolute atomic E-state index is 0.00705. The number of nitrogens with zero attached hydrogens (tertiary/aromatic N) is 3. The molecule has 0 aliphatic heterocycles. The van der Waals surface area contributed by atoms with Gasteiger partial charge in [-0.05, 0) is 60.0 Å². The molecule has 3 aromatic rings. The first-order valence-electron chi connectivity index (χ1n) is 8.89. The number of nitrogens with one attached hydrogen (secondary N) is 1. The molecule has 2 aromatic heterocycles. The Kier molecular flexibility index (Phi) is 6.11. The number of carbonyl (C=O) groups is 1. The summed E-state index contributed by atoms with van der Waals surface area (Å²) in [6.45, 7) is 3.40. The van der Waals surface area contributed by atoms with Gasteiger partial charge in [0.05, 0.1) is 5.69 Å². The third-order valence-electron chi connectivity index (χ3n) is 4.46.